The Bertz CT molecular complexity index is 900. The minimum absolute atomic E-state index is 0.0317. The first-order valence-electron chi connectivity index (χ1n) is 8.85. The molecule has 1 fully saturated rings. The summed E-state index contributed by atoms with van der Waals surface area (Å²) >= 11 is 1.56. The van der Waals surface area contributed by atoms with Gasteiger partial charge in [0, 0.05) is 23.0 Å². The molecule has 6 heteroatoms. The second-order valence-electron chi connectivity index (χ2n) is 6.68. The average Bonchev–Trinajstić information content (AvgIpc) is 3.04. The van der Waals surface area contributed by atoms with Crippen LogP contribution in [0.15, 0.2) is 36.4 Å². The maximum absolute atomic E-state index is 12.9. The van der Waals surface area contributed by atoms with E-state index in [1.54, 1.807) is 11.3 Å². The smallest absolute Gasteiger partial charge is 0.264 e. The van der Waals surface area contributed by atoms with Crippen LogP contribution in [0.25, 0.3) is 10.1 Å². The molecule has 1 aromatic carbocycles. The fourth-order valence-electron chi connectivity index (χ4n) is 3.38. The fraction of sp³-hybridized carbons (Fsp3) is 0.350. The third kappa shape index (κ3) is 3.55. The molecule has 3 aromatic rings. The topological polar surface area (TPSA) is 55.3 Å². The number of amides is 1. The zero-order chi connectivity index (χ0) is 18.1. The summed E-state index contributed by atoms with van der Waals surface area (Å²) in [4.78, 5) is 24.3. The minimum atomic E-state index is -0.0317. The predicted octanol–water partition coefficient (Wildman–Crippen LogP) is 3.99. The van der Waals surface area contributed by atoms with Gasteiger partial charge in [0.2, 0.25) is 5.88 Å². The number of hydrogen-bond acceptors (Lipinski definition) is 5. The van der Waals surface area contributed by atoms with Gasteiger partial charge in [-0.3, -0.25) is 4.79 Å². The van der Waals surface area contributed by atoms with E-state index in [4.69, 9.17) is 4.74 Å². The number of thiophene rings is 1. The normalized spacial score (nSPS) is 17.5. The lowest BCUT2D eigenvalue weighted by atomic mass is 10.1. The molecule has 1 unspecified atom stereocenters. The summed E-state index contributed by atoms with van der Waals surface area (Å²) in [5.41, 5.74) is 0.890. The number of hydrogen-bond donors (Lipinski definition) is 0. The van der Waals surface area contributed by atoms with Gasteiger partial charge in [0.1, 0.15) is 11.9 Å². The van der Waals surface area contributed by atoms with E-state index in [2.05, 4.69) is 16.0 Å². The number of fused-ring (bicyclic) bond motifs is 1. The van der Waals surface area contributed by atoms with Crippen molar-refractivity contribution in [2.75, 3.05) is 13.1 Å². The number of aromatic nitrogens is 2. The van der Waals surface area contributed by atoms with E-state index >= 15 is 0 Å². The van der Waals surface area contributed by atoms with Crippen molar-refractivity contribution in [3.05, 3.63) is 52.8 Å². The van der Waals surface area contributed by atoms with E-state index in [0.717, 1.165) is 40.0 Å². The molecule has 2 aromatic heterocycles. The van der Waals surface area contributed by atoms with Gasteiger partial charge in [-0.05, 0) is 44.2 Å². The lowest BCUT2D eigenvalue weighted by Crippen LogP contribution is -2.44. The molecule has 26 heavy (non-hydrogen) atoms. The van der Waals surface area contributed by atoms with Gasteiger partial charge >= 0.3 is 0 Å². The SMILES string of the molecule is Cc1cc(OC2CCCN(C(=O)c3cc4ccccc4s3)C2)nc(C)n1. The molecule has 1 aliphatic heterocycles. The number of benzene rings is 1. The van der Waals surface area contributed by atoms with Crippen molar-refractivity contribution < 1.29 is 9.53 Å². The number of carbonyl (C=O) groups excluding carboxylic acids is 1. The van der Waals surface area contributed by atoms with E-state index in [0.29, 0.717) is 18.2 Å². The zero-order valence-electron chi connectivity index (χ0n) is 14.9. The van der Waals surface area contributed by atoms with Gasteiger partial charge < -0.3 is 9.64 Å². The number of ether oxygens (including phenoxy) is 1. The molecule has 0 bridgehead atoms. The minimum Gasteiger partial charge on any atom is -0.472 e. The standard InChI is InChI=1S/C20H21N3O2S/c1-13-10-19(22-14(2)21-13)25-16-7-5-9-23(12-16)20(24)18-11-15-6-3-4-8-17(15)26-18/h3-4,6,8,10-11,16H,5,7,9,12H2,1-2H3. The Kier molecular flexibility index (Phi) is 4.59. The molecule has 1 atom stereocenters. The molecule has 0 aliphatic carbocycles. The molecule has 3 heterocycles. The van der Waals surface area contributed by atoms with Gasteiger partial charge in [-0.15, -0.1) is 11.3 Å². The van der Waals surface area contributed by atoms with Crippen molar-refractivity contribution in [2.45, 2.75) is 32.8 Å². The molecule has 1 amide bonds. The van der Waals surface area contributed by atoms with Gasteiger partial charge in [-0.1, -0.05) is 18.2 Å². The monoisotopic (exact) mass is 367 g/mol. The van der Waals surface area contributed by atoms with Crippen molar-refractivity contribution in [3.63, 3.8) is 0 Å². The van der Waals surface area contributed by atoms with Crippen LogP contribution < -0.4 is 4.74 Å². The van der Waals surface area contributed by atoms with Crippen LogP contribution in [0.1, 0.15) is 34.0 Å². The number of rotatable bonds is 3. The summed E-state index contributed by atoms with van der Waals surface area (Å²) in [5.74, 6) is 1.39. The molecule has 4 rings (SSSR count). The highest BCUT2D eigenvalue weighted by Gasteiger charge is 2.27. The van der Waals surface area contributed by atoms with Gasteiger partial charge in [0.25, 0.3) is 5.91 Å². The molecule has 134 valence electrons. The van der Waals surface area contributed by atoms with Crippen molar-refractivity contribution in [1.82, 2.24) is 14.9 Å². The summed E-state index contributed by atoms with van der Waals surface area (Å²) in [6.45, 7) is 5.15. The Balaban J connectivity index is 1.48. The van der Waals surface area contributed by atoms with Gasteiger partial charge in [-0.25, -0.2) is 4.98 Å². The third-order valence-corrected chi connectivity index (χ3v) is 5.64. The van der Waals surface area contributed by atoms with Crippen molar-refractivity contribution in [1.29, 1.82) is 0 Å². The Morgan fingerprint density at radius 3 is 2.88 bits per heavy atom. The van der Waals surface area contributed by atoms with Crippen LogP contribution in [0.2, 0.25) is 0 Å². The van der Waals surface area contributed by atoms with E-state index < -0.39 is 0 Å². The lowest BCUT2D eigenvalue weighted by Gasteiger charge is -2.32. The molecule has 0 saturated carbocycles. The first-order valence-corrected chi connectivity index (χ1v) is 9.67. The van der Waals surface area contributed by atoms with Crippen LogP contribution in [-0.4, -0.2) is 40.0 Å². The second-order valence-corrected chi connectivity index (χ2v) is 7.76. The Hall–Kier alpha value is -2.47. The van der Waals surface area contributed by atoms with Crippen molar-refractivity contribution >= 4 is 27.3 Å². The maximum atomic E-state index is 12.9. The van der Waals surface area contributed by atoms with Crippen molar-refractivity contribution in [2.24, 2.45) is 0 Å². The third-order valence-electron chi connectivity index (χ3n) is 4.53. The Labute approximate surface area is 156 Å². The molecular weight excluding hydrogens is 346 g/mol. The molecule has 1 aliphatic rings. The summed E-state index contributed by atoms with van der Waals surface area (Å²) in [6, 6.07) is 11.9. The van der Waals surface area contributed by atoms with E-state index in [-0.39, 0.29) is 12.0 Å². The summed E-state index contributed by atoms with van der Waals surface area (Å²) < 4.78 is 7.20. The number of aryl methyl sites for hydroxylation is 2. The van der Waals surface area contributed by atoms with Gasteiger partial charge in [0.05, 0.1) is 11.4 Å². The highest BCUT2D eigenvalue weighted by molar-refractivity contribution is 7.20. The average molecular weight is 367 g/mol. The van der Waals surface area contributed by atoms with E-state index in [9.17, 15) is 4.79 Å². The molecule has 5 nitrogen and oxygen atoms in total. The first-order chi connectivity index (χ1) is 12.6. The first kappa shape index (κ1) is 17.0. The number of carbonyl (C=O) groups is 1. The maximum Gasteiger partial charge on any atom is 0.264 e. The predicted molar refractivity (Wildman–Crippen MR) is 103 cm³/mol. The van der Waals surface area contributed by atoms with Crippen LogP contribution in [0.3, 0.4) is 0 Å². The molecule has 0 radical (unpaired) electrons. The fourth-order valence-corrected chi connectivity index (χ4v) is 4.41. The van der Waals surface area contributed by atoms with Crippen LogP contribution in [0.4, 0.5) is 0 Å². The van der Waals surface area contributed by atoms with Gasteiger partial charge in [-0.2, -0.15) is 4.98 Å². The second kappa shape index (κ2) is 7.03. The molecule has 0 N–H and O–H groups in total. The van der Waals surface area contributed by atoms with Crippen LogP contribution in [-0.2, 0) is 0 Å². The van der Waals surface area contributed by atoms with Crippen LogP contribution in [0, 0.1) is 13.8 Å². The lowest BCUT2D eigenvalue weighted by molar-refractivity contribution is 0.0531. The number of piperidine rings is 1. The van der Waals surface area contributed by atoms with E-state index in [1.807, 2.05) is 49.1 Å². The van der Waals surface area contributed by atoms with Crippen molar-refractivity contribution in [3.8, 4) is 5.88 Å². The summed E-state index contributed by atoms with van der Waals surface area (Å²) in [5, 5.41) is 1.12. The summed E-state index contributed by atoms with van der Waals surface area (Å²) in [7, 11) is 0. The van der Waals surface area contributed by atoms with Gasteiger partial charge in [0.15, 0.2) is 0 Å². The Morgan fingerprint density at radius 1 is 1.23 bits per heavy atom. The molecule has 0 spiro atoms. The van der Waals surface area contributed by atoms with Crippen LogP contribution in [0.5, 0.6) is 5.88 Å². The highest BCUT2D eigenvalue weighted by Crippen LogP contribution is 2.27. The number of likely N-dealkylation sites (tertiary alicyclic amines) is 1. The highest BCUT2D eigenvalue weighted by atomic mass is 32.1. The Morgan fingerprint density at radius 2 is 2.08 bits per heavy atom. The molecule has 1 saturated heterocycles. The molecular formula is C20H21N3O2S. The van der Waals surface area contributed by atoms with Crippen LogP contribution >= 0.6 is 11.3 Å². The number of nitrogens with zero attached hydrogens (tertiary/aromatic N) is 3. The van der Waals surface area contributed by atoms with E-state index in [1.165, 1.54) is 0 Å². The summed E-state index contributed by atoms with van der Waals surface area (Å²) in [6.07, 6.45) is 1.83. The zero-order valence-corrected chi connectivity index (χ0v) is 15.8. The largest absolute Gasteiger partial charge is 0.472 e. The quantitative estimate of drug-likeness (QED) is 0.702.